The first-order valence-electron chi connectivity index (χ1n) is 18.2. The summed E-state index contributed by atoms with van der Waals surface area (Å²) in [4.78, 5) is 14.8. The highest BCUT2D eigenvalue weighted by Gasteiger charge is 2.58. The van der Waals surface area contributed by atoms with Gasteiger partial charge in [-0.25, -0.2) is 0 Å². The second-order valence-corrected chi connectivity index (χ2v) is 17.2. The molecule has 3 aromatic rings. The number of phenolic OH excluding ortho intramolecular Hbond substituents is 1. The Morgan fingerprint density at radius 2 is 1.50 bits per heavy atom. The Hall–Kier alpha value is -3.63. The van der Waals surface area contributed by atoms with E-state index in [-0.39, 0.29) is 43.2 Å². The molecular formula is C40H48O13S. The van der Waals surface area contributed by atoms with Crippen LogP contribution in [0, 0.1) is 11.8 Å². The third-order valence-corrected chi connectivity index (χ3v) is 11.2. The van der Waals surface area contributed by atoms with Crippen LogP contribution in [0.1, 0.15) is 81.4 Å². The zero-order valence-corrected chi connectivity index (χ0v) is 32.5. The normalized spacial score (nSPS) is 31.7. The van der Waals surface area contributed by atoms with Crippen LogP contribution < -0.4 is 18.9 Å². The van der Waals surface area contributed by atoms with Crippen LogP contribution in [-0.4, -0.2) is 87.2 Å². The van der Waals surface area contributed by atoms with E-state index in [2.05, 4.69) is 0 Å². The molecule has 3 saturated heterocycles. The highest BCUT2D eigenvalue weighted by atomic mass is 32.1. The lowest BCUT2D eigenvalue weighted by molar-refractivity contribution is -0.390. The van der Waals surface area contributed by atoms with Crippen molar-refractivity contribution >= 4 is 17.3 Å². The highest BCUT2D eigenvalue weighted by Crippen LogP contribution is 2.57. The molecule has 0 saturated carbocycles. The predicted octanol–water partition coefficient (Wildman–Crippen LogP) is 6.40. The molecule has 1 aromatic heterocycles. The minimum atomic E-state index is -0.978. The first kappa shape index (κ1) is 37.3. The smallest absolute Gasteiger partial charge is 0.310 e. The Morgan fingerprint density at radius 1 is 0.833 bits per heavy atom. The fraction of sp³-hybridized carbons (Fsp3) is 0.575. The van der Waals surface area contributed by atoms with E-state index >= 15 is 0 Å². The second-order valence-electron chi connectivity index (χ2n) is 16.2. The number of hydrogen-bond acceptors (Lipinski definition) is 14. The monoisotopic (exact) mass is 768 g/mol. The summed E-state index contributed by atoms with van der Waals surface area (Å²) in [5.41, 5.74) is 1.02. The van der Waals surface area contributed by atoms with E-state index in [1.165, 1.54) is 14.2 Å². The number of aromatic hydroxyl groups is 1. The summed E-state index contributed by atoms with van der Waals surface area (Å²) < 4.78 is 69.1. The summed E-state index contributed by atoms with van der Waals surface area (Å²) in [6, 6.07) is 11.2. The number of methoxy groups -OCH3 is 2. The summed E-state index contributed by atoms with van der Waals surface area (Å²) >= 11 is 1.56. The molecule has 5 heterocycles. The molecule has 1 N–H and O–H groups in total. The molecule has 0 spiro atoms. The van der Waals surface area contributed by atoms with E-state index in [1.807, 2.05) is 71.2 Å². The molecule has 0 radical (unpaired) electrons. The van der Waals surface area contributed by atoms with Gasteiger partial charge in [-0.05, 0) is 93.9 Å². The molecule has 0 bridgehead atoms. The summed E-state index contributed by atoms with van der Waals surface area (Å²) in [6.45, 7) is 12.3. The van der Waals surface area contributed by atoms with Crippen molar-refractivity contribution in [1.82, 2.24) is 0 Å². The maximum Gasteiger partial charge on any atom is 0.310 e. The van der Waals surface area contributed by atoms with E-state index in [0.717, 1.165) is 16.0 Å². The van der Waals surface area contributed by atoms with Crippen molar-refractivity contribution in [2.24, 2.45) is 11.8 Å². The zero-order valence-electron chi connectivity index (χ0n) is 31.7. The number of fused-ring (bicyclic) bond motifs is 4. The van der Waals surface area contributed by atoms with Gasteiger partial charge < -0.3 is 57.2 Å². The van der Waals surface area contributed by atoms with Crippen molar-refractivity contribution < 1.29 is 62.0 Å². The molecule has 1 aliphatic carbocycles. The van der Waals surface area contributed by atoms with Crippen molar-refractivity contribution in [3.8, 4) is 28.7 Å². The van der Waals surface area contributed by atoms with Crippen LogP contribution in [0.5, 0.6) is 28.7 Å². The van der Waals surface area contributed by atoms with Gasteiger partial charge in [0.25, 0.3) is 0 Å². The molecule has 292 valence electrons. The first-order valence-corrected chi connectivity index (χ1v) is 19.1. The van der Waals surface area contributed by atoms with Crippen LogP contribution in [0.25, 0.3) is 0 Å². The van der Waals surface area contributed by atoms with Crippen molar-refractivity contribution in [1.29, 1.82) is 0 Å². The average Bonchev–Trinajstić information content (AvgIpc) is 3.90. The van der Waals surface area contributed by atoms with E-state index < -0.39 is 72.1 Å². The quantitative estimate of drug-likeness (QED) is 0.253. The van der Waals surface area contributed by atoms with Gasteiger partial charge in [0.15, 0.2) is 35.6 Å². The molecule has 54 heavy (non-hydrogen) atoms. The Morgan fingerprint density at radius 3 is 2.13 bits per heavy atom. The number of carbonyl (C=O) groups excluding carboxylic acids is 1. The van der Waals surface area contributed by atoms with Gasteiger partial charge in [-0.2, -0.15) is 0 Å². The lowest BCUT2D eigenvalue weighted by Gasteiger charge is -2.52. The number of cyclic esters (lactones) is 1. The number of phenols is 1. The molecule has 10 atom stereocenters. The van der Waals surface area contributed by atoms with Gasteiger partial charge in [0.05, 0.1) is 55.5 Å². The zero-order chi connectivity index (χ0) is 38.1. The molecular weight excluding hydrogens is 720 g/mol. The number of rotatable bonds is 8. The van der Waals surface area contributed by atoms with Gasteiger partial charge in [0, 0.05) is 11.8 Å². The largest absolute Gasteiger partial charge is 0.502 e. The second kappa shape index (κ2) is 14.1. The predicted molar refractivity (Wildman–Crippen MR) is 193 cm³/mol. The fourth-order valence-electron chi connectivity index (χ4n) is 8.23. The number of thiophene rings is 1. The number of benzene rings is 2. The van der Waals surface area contributed by atoms with E-state index in [0.29, 0.717) is 17.1 Å². The lowest BCUT2D eigenvalue weighted by atomic mass is 9.66. The van der Waals surface area contributed by atoms with Crippen LogP contribution in [0.2, 0.25) is 0 Å². The minimum Gasteiger partial charge on any atom is -0.502 e. The van der Waals surface area contributed by atoms with Crippen LogP contribution >= 0.6 is 11.3 Å². The molecule has 3 fully saturated rings. The van der Waals surface area contributed by atoms with Crippen LogP contribution in [0.3, 0.4) is 0 Å². The molecule has 4 aliphatic heterocycles. The topological polar surface area (TPSA) is 139 Å². The molecule has 0 amide bonds. The summed E-state index contributed by atoms with van der Waals surface area (Å²) in [7, 11) is 2.93. The van der Waals surface area contributed by atoms with E-state index in [4.69, 9.17) is 52.1 Å². The van der Waals surface area contributed by atoms with Gasteiger partial charge in [-0.1, -0.05) is 6.07 Å². The Bertz CT molecular complexity index is 1820. The maximum atomic E-state index is 13.9. The summed E-state index contributed by atoms with van der Waals surface area (Å²) in [5, 5.41) is 12.8. The number of esters is 1. The Balaban J connectivity index is 1.22. The van der Waals surface area contributed by atoms with Gasteiger partial charge in [0.2, 0.25) is 12.5 Å². The van der Waals surface area contributed by atoms with Gasteiger partial charge >= 0.3 is 5.97 Å². The molecule has 2 aromatic carbocycles. The van der Waals surface area contributed by atoms with Crippen molar-refractivity contribution in [3.63, 3.8) is 0 Å². The first-order chi connectivity index (χ1) is 25.7. The third kappa shape index (κ3) is 6.91. The molecule has 5 aliphatic rings. The Kier molecular flexibility index (Phi) is 9.77. The van der Waals surface area contributed by atoms with Crippen LogP contribution in [0.15, 0.2) is 41.8 Å². The van der Waals surface area contributed by atoms with Crippen molar-refractivity contribution in [2.75, 3.05) is 34.2 Å². The fourth-order valence-corrected chi connectivity index (χ4v) is 8.93. The third-order valence-electron chi connectivity index (χ3n) is 10.3. The lowest BCUT2D eigenvalue weighted by Crippen LogP contribution is -2.65. The standard InChI is InChI=1S/C40H48O13S/c1-39(2,3)52-34-33-27(17-46-37(51-33)28-10-9-11-54-28)49-38(35(34)53-40(4,5)6)50-32-21-15-24-23(47-18-48-24)14-20(21)29(30-22(32)16-45-36(30)42)19-12-25(43-7)31(41)26(13-19)44-8/h9-15,22,27,29-30,32-35,37-38,41H,16-18H2,1-8H3/t22-,27+,29+,30-,32+,33+,34-,35+,37?,38-/m0/s1. The molecule has 14 heteroatoms. The molecule has 13 nitrogen and oxygen atoms in total. The van der Waals surface area contributed by atoms with Crippen LogP contribution in [0.4, 0.5) is 0 Å². The molecule has 1 unspecified atom stereocenters. The summed E-state index contributed by atoms with van der Waals surface area (Å²) in [5.74, 6) is -0.672. The number of ether oxygens (including phenoxy) is 11. The van der Waals surface area contributed by atoms with E-state index in [9.17, 15) is 9.90 Å². The van der Waals surface area contributed by atoms with Crippen LogP contribution in [-0.2, 0) is 38.0 Å². The number of hydrogen-bond donors (Lipinski definition) is 1. The minimum absolute atomic E-state index is 0.0543. The van der Waals surface area contributed by atoms with E-state index in [1.54, 1.807) is 23.5 Å². The Labute approximate surface area is 318 Å². The number of carbonyl (C=O) groups is 1. The van der Waals surface area contributed by atoms with Crippen molar-refractivity contribution in [2.45, 2.75) is 102 Å². The highest BCUT2D eigenvalue weighted by molar-refractivity contribution is 7.10. The maximum absolute atomic E-state index is 13.9. The van der Waals surface area contributed by atoms with Crippen molar-refractivity contribution in [3.05, 3.63) is 63.3 Å². The average molecular weight is 769 g/mol. The SMILES string of the molecule is COc1cc([C@@H]2c3cc4c(cc3[C@@H](O[C@@H]3O[C@@H]5COC(c6cccs6)O[C@H]5[C@H](OC(C)(C)C)[C@H]3OC(C)(C)C)[C@H]3COC(=O)[C@H]23)OCO4)cc(OC)c1O. The summed E-state index contributed by atoms with van der Waals surface area (Å²) in [6.07, 6.45) is -4.76. The van der Waals surface area contributed by atoms with Gasteiger partial charge in [-0.3, -0.25) is 4.79 Å². The van der Waals surface area contributed by atoms with Gasteiger partial charge in [-0.15, -0.1) is 11.3 Å². The van der Waals surface area contributed by atoms with Gasteiger partial charge in [0.1, 0.15) is 24.4 Å². The molecule has 8 rings (SSSR count).